The van der Waals surface area contributed by atoms with Crippen LogP contribution in [0, 0.1) is 0 Å². The number of hydrogen-bond acceptors (Lipinski definition) is 5. The average Bonchev–Trinajstić information content (AvgIpc) is 2.35. The SMILES string of the molecule is C/C(=N\NC(N)=O)c1ccc2oc(=O)[nH]c(=O)c2c1. The first-order valence-corrected chi connectivity index (χ1v) is 5.24. The molecule has 0 radical (unpaired) electrons. The fourth-order valence-corrected chi connectivity index (χ4v) is 1.51. The number of hydrogen-bond donors (Lipinski definition) is 3. The van der Waals surface area contributed by atoms with Crippen molar-refractivity contribution >= 4 is 22.7 Å². The Bertz CT molecular complexity index is 787. The minimum Gasteiger partial charge on any atom is -0.409 e. The number of aromatic amines is 1. The van der Waals surface area contributed by atoms with E-state index in [1.165, 1.54) is 12.1 Å². The fraction of sp³-hybridized carbons (Fsp3) is 0.0909. The predicted molar refractivity (Wildman–Crippen MR) is 68.0 cm³/mol. The number of H-pyrrole nitrogens is 1. The van der Waals surface area contributed by atoms with Crippen LogP contribution >= 0.6 is 0 Å². The summed E-state index contributed by atoms with van der Waals surface area (Å²) >= 11 is 0. The lowest BCUT2D eigenvalue weighted by molar-refractivity contribution is 0.249. The molecule has 2 aromatic rings. The smallest absolute Gasteiger partial charge is 0.409 e. The molecule has 1 aromatic heterocycles. The summed E-state index contributed by atoms with van der Waals surface area (Å²) in [5.74, 6) is -0.814. The Labute approximate surface area is 105 Å². The average molecular weight is 262 g/mol. The number of fused-ring (bicyclic) bond motifs is 1. The molecule has 8 nitrogen and oxygen atoms in total. The molecule has 0 aliphatic heterocycles. The van der Waals surface area contributed by atoms with Crippen molar-refractivity contribution in [2.24, 2.45) is 10.8 Å². The monoisotopic (exact) mass is 262 g/mol. The third-order valence-electron chi connectivity index (χ3n) is 2.39. The first-order valence-electron chi connectivity index (χ1n) is 5.24. The normalized spacial score (nSPS) is 11.5. The van der Waals surface area contributed by atoms with Crippen LogP contribution in [0.15, 0.2) is 37.3 Å². The van der Waals surface area contributed by atoms with Gasteiger partial charge in [0.15, 0.2) is 0 Å². The number of aromatic nitrogens is 1. The number of rotatable bonds is 2. The van der Waals surface area contributed by atoms with E-state index in [0.717, 1.165) is 0 Å². The second-order valence-corrected chi connectivity index (χ2v) is 3.73. The molecule has 1 aromatic carbocycles. The summed E-state index contributed by atoms with van der Waals surface area (Å²) < 4.78 is 4.83. The Kier molecular flexibility index (Phi) is 3.15. The number of nitrogens with two attached hydrogens (primary N) is 1. The number of primary amides is 1. The minimum atomic E-state index is -0.814. The Morgan fingerprint density at radius 1 is 1.42 bits per heavy atom. The van der Waals surface area contributed by atoms with E-state index < -0.39 is 17.3 Å². The zero-order valence-corrected chi connectivity index (χ0v) is 9.89. The van der Waals surface area contributed by atoms with Gasteiger partial charge in [-0.05, 0) is 30.7 Å². The van der Waals surface area contributed by atoms with Gasteiger partial charge in [-0.3, -0.25) is 9.78 Å². The topological polar surface area (TPSA) is 131 Å². The summed E-state index contributed by atoms with van der Waals surface area (Å²) in [4.78, 5) is 35.1. The number of nitrogens with one attached hydrogen (secondary N) is 2. The van der Waals surface area contributed by atoms with Crippen LogP contribution in [0.2, 0.25) is 0 Å². The van der Waals surface area contributed by atoms with E-state index in [0.29, 0.717) is 11.3 Å². The first kappa shape index (κ1) is 12.6. The van der Waals surface area contributed by atoms with Crippen molar-refractivity contribution < 1.29 is 9.21 Å². The van der Waals surface area contributed by atoms with Crippen LogP contribution in [-0.2, 0) is 0 Å². The van der Waals surface area contributed by atoms with Gasteiger partial charge in [-0.25, -0.2) is 15.0 Å². The molecular formula is C11H10N4O4. The number of amides is 2. The highest BCUT2D eigenvalue weighted by molar-refractivity contribution is 6.01. The Hall–Kier alpha value is -2.90. The van der Waals surface area contributed by atoms with E-state index in [2.05, 4.69) is 10.5 Å². The van der Waals surface area contributed by atoms with E-state index in [-0.39, 0.29) is 11.0 Å². The van der Waals surface area contributed by atoms with Crippen molar-refractivity contribution in [3.63, 3.8) is 0 Å². The Balaban J connectivity index is 2.53. The molecule has 4 N–H and O–H groups in total. The summed E-state index contributed by atoms with van der Waals surface area (Å²) in [6.07, 6.45) is 0. The van der Waals surface area contributed by atoms with Gasteiger partial charge in [0.05, 0.1) is 11.1 Å². The summed E-state index contributed by atoms with van der Waals surface area (Å²) in [7, 11) is 0. The second-order valence-electron chi connectivity index (χ2n) is 3.73. The third kappa shape index (κ3) is 2.68. The molecule has 0 unspecified atom stereocenters. The van der Waals surface area contributed by atoms with Gasteiger partial charge in [0.25, 0.3) is 5.56 Å². The first-order chi connectivity index (χ1) is 8.97. The lowest BCUT2D eigenvalue weighted by Crippen LogP contribution is -2.25. The zero-order chi connectivity index (χ0) is 14.0. The van der Waals surface area contributed by atoms with E-state index >= 15 is 0 Å². The van der Waals surface area contributed by atoms with Crippen molar-refractivity contribution in [3.05, 3.63) is 44.7 Å². The van der Waals surface area contributed by atoms with Gasteiger partial charge in [0, 0.05) is 0 Å². The quantitative estimate of drug-likeness (QED) is 0.514. The van der Waals surface area contributed by atoms with E-state index in [1.54, 1.807) is 13.0 Å². The highest BCUT2D eigenvalue weighted by Crippen LogP contribution is 2.11. The van der Waals surface area contributed by atoms with Crippen LogP contribution in [-0.4, -0.2) is 16.7 Å². The maximum Gasteiger partial charge on any atom is 0.419 e. The molecule has 2 amide bonds. The van der Waals surface area contributed by atoms with Gasteiger partial charge in [0.1, 0.15) is 5.58 Å². The van der Waals surface area contributed by atoms with Crippen molar-refractivity contribution in [2.45, 2.75) is 6.92 Å². The Morgan fingerprint density at radius 3 is 2.84 bits per heavy atom. The van der Waals surface area contributed by atoms with Gasteiger partial charge in [-0.2, -0.15) is 5.10 Å². The van der Waals surface area contributed by atoms with Gasteiger partial charge in [-0.15, -0.1) is 0 Å². The molecule has 98 valence electrons. The summed E-state index contributed by atoms with van der Waals surface area (Å²) in [6.45, 7) is 1.63. The van der Waals surface area contributed by atoms with Gasteiger partial charge in [-0.1, -0.05) is 0 Å². The molecule has 0 bridgehead atoms. The molecule has 0 aliphatic carbocycles. The van der Waals surface area contributed by atoms with Gasteiger partial charge in [0.2, 0.25) is 0 Å². The molecule has 1 heterocycles. The molecule has 8 heteroatoms. The van der Waals surface area contributed by atoms with E-state index in [1.807, 2.05) is 4.98 Å². The molecule has 0 fully saturated rings. The van der Waals surface area contributed by atoms with Gasteiger partial charge < -0.3 is 10.2 Å². The molecule has 0 aliphatic rings. The number of carbonyl (C=O) groups excluding carboxylic acids is 1. The largest absolute Gasteiger partial charge is 0.419 e. The highest BCUT2D eigenvalue weighted by atomic mass is 16.4. The number of urea groups is 1. The molecule has 0 saturated heterocycles. The van der Waals surface area contributed by atoms with E-state index in [4.69, 9.17) is 10.2 Å². The van der Waals surface area contributed by atoms with Crippen LogP contribution in [0.1, 0.15) is 12.5 Å². The lowest BCUT2D eigenvalue weighted by atomic mass is 10.1. The summed E-state index contributed by atoms with van der Waals surface area (Å²) in [6, 6.07) is 3.79. The third-order valence-corrected chi connectivity index (χ3v) is 2.39. The van der Waals surface area contributed by atoms with Gasteiger partial charge >= 0.3 is 11.8 Å². The molecular weight excluding hydrogens is 252 g/mol. The van der Waals surface area contributed by atoms with Crippen LogP contribution in [0.5, 0.6) is 0 Å². The fourth-order valence-electron chi connectivity index (χ4n) is 1.51. The number of carbonyl (C=O) groups is 1. The zero-order valence-electron chi connectivity index (χ0n) is 9.89. The number of hydrazone groups is 1. The van der Waals surface area contributed by atoms with Crippen molar-refractivity contribution in [1.82, 2.24) is 10.4 Å². The molecule has 19 heavy (non-hydrogen) atoms. The van der Waals surface area contributed by atoms with Crippen molar-refractivity contribution in [2.75, 3.05) is 0 Å². The van der Waals surface area contributed by atoms with Crippen molar-refractivity contribution in [1.29, 1.82) is 0 Å². The predicted octanol–water partition coefficient (Wildman–Crippen LogP) is -0.126. The maximum atomic E-state index is 11.6. The minimum absolute atomic E-state index is 0.174. The molecule has 0 spiro atoms. The van der Waals surface area contributed by atoms with Crippen LogP contribution in [0.4, 0.5) is 4.79 Å². The summed E-state index contributed by atoms with van der Waals surface area (Å²) in [5, 5.41) is 3.95. The van der Waals surface area contributed by atoms with Crippen LogP contribution in [0.25, 0.3) is 11.0 Å². The summed E-state index contributed by atoms with van der Waals surface area (Å²) in [5.41, 5.74) is 7.63. The molecule has 2 rings (SSSR count). The van der Waals surface area contributed by atoms with Crippen LogP contribution in [0.3, 0.4) is 0 Å². The lowest BCUT2D eigenvalue weighted by Gasteiger charge is -2.02. The maximum absolute atomic E-state index is 11.6. The molecule has 0 atom stereocenters. The standard InChI is InChI=1S/C11H10N4O4/c1-5(14-15-10(12)17)6-2-3-8-7(4-6)9(16)13-11(18)19-8/h2-4H,1H3,(H3,12,15,17)(H,13,16,18)/b14-5+. The Morgan fingerprint density at radius 2 is 2.16 bits per heavy atom. The molecule has 0 saturated carbocycles. The van der Waals surface area contributed by atoms with Crippen molar-refractivity contribution in [3.8, 4) is 0 Å². The van der Waals surface area contributed by atoms with E-state index in [9.17, 15) is 14.4 Å². The second kappa shape index (κ2) is 4.77. The number of benzene rings is 1. The highest BCUT2D eigenvalue weighted by Gasteiger charge is 2.06. The number of nitrogens with zero attached hydrogens (tertiary/aromatic N) is 1. The van der Waals surface area contributed by atoms with Crippen LogP contribution < -0.4 is 22.5 Å².